The topological polar surface area (TPSA) is 54.5 Å². The summed E-state index contributed by atoms with van der Waals surface area (Å²) in [6.45, 7) is 6.66. The van der Waals surface area contributed by atoms with Gasteiger partial charge in [0, 0.05) is 35.9 Å². The Kier molecular flexibility index (Phi) is 4.09. The van der Waals surface area contributed by atoms with Gasteiger partial charge in [0.2, 0.25) is 0 Å². The molecule has 3 aromatic heterocycles. The number of hydrogen-bond acceptors (Lipinski definition) is 3. The van der Waals surface area contributed by atoms with Gasteiger partial charge in [-0.2, -0.15) is 5.10 Å². The molecule has 4 nitrogen and oxygen atoms in total. The van der Waals surface area contributed by atoms with Crippen molar-refractivity contribution in [3.8, 4) is 33.8 Å². The van der Waals surface area contributed by atoms with E-state index in [9.17, 15) is 0 Å². The summed E-state index contributed by atoms with van der Waals surface area (Å²) in [5.74, 6) is 3.17. The van der Waals surface area contributed by atoms with Gasteiger partial charge in [-0.3, -0.25) is 10.1 Å². The molecule has 3 aromatic rings. The van der Waals surface area contributed by atoms with Gasteiger partial charge in [-0.15, -0.1) is 5.54 Å². The van der Waals surface area contributed by atoms with Crippen molar-refractivity contribution in [3.05, 3.63) is 54.7 Å². The second-order valence-corrected chi connectivity index (χ2v) is 11.1. The first-order chi connectivity index (χ1) is 11.0. The van der Waals surface area contributed by atoms with Crippen LogP contribution in [0.15, 0.2) is 49.1 Å². The van der Waals surface area contributed by atoms with Gasteiger partial charge in [-0.25, -0.2) is 4.98 Å². The summed E-state index contributed by atoms with van der Waals surface area (Å²) in [6, 6.07) is 7.90. The van der Waals surface area contributed by atoms with E-state index in [1.54, 1.807) is 12.4 Å². The third-order valence-electron chi connectivity index (χ3n) is 3.23. The zero-order valence-corrected chi connectivity index (χ0v) is 14.5. The van der Waals surface area contributed by atoms with E-state index in [1.165, 1.54) is 0 Å². The predicted octanol–water partition coefficient (Wildman–Crippen LogP) is 3.76. The molecule has 23 heavy (non-hydrogen) atoms. The van der Waals surface area contributed by atoms with Gasteiger partial charge in [-0.05, 0) is 29.8 Å². The van der Waals surface area contributed by atoms with Crippen LogP contribution >= 0.6 is 0 Å². The number of H-pyrrole nitrogens is 1. The molecule has 1 N–H and O–H groups in total. The van der Waals surface area contributed by atoms with Crippen LogP contribution in [0.3, 0.4) is 0 Å². The van der Waals surface area contributed by atoms with Crippen molar-refractivity contribution in [1.29, 1.82) is 0 Å². The Labute approximate surface area is 137 Å². The fourth-order valence-electron chi connectivity index (χ4n) is 2.12. The molecule has 0 radical (unpaired) electrons. The monoisotopic (exact) mass is 318 g/mol. The molecule has 0 aromatic carbocycles. The van der Waals surface area contributed by atoms with Crippen LogP contribution in [-0.2, 0) is 0 Å². The van der Waals surface area contributed by atoms with E-state index in [1.807, 2.05) is 36.7 Å². The first-order valence-electron chi connectivity index (χ1n) is 7.47. The first kappa shape index (κ1) is 15.2. The number of hydrogen-bond donors (Lipinski definition) is 1. The summed E-state index contributed by atoms with van der Waals surface area (Å²) >= 11 is 0. The maximum Gasteiger partial charge on any atom is 0.129 e. The molecule has 0 saturated heterocycles. The lowest BCUT2D eigenvalue weighted by Gasteiger charge is -2.04. The van der Waals surface area contributed by atoms with Crippen molar-refractivity contribution in [2.75, 3.05) is 0 Å². The largest absolute Gasteiger partial charge is 0.284 e. The third-order valence-corrected chi connectivity index (χ3v) is 4.11. The molecule has 0 unspecified atom stereocenters. The van der Waals surface area contributed by atoms with Crippen LogP contribution in [0.4, 0.5) is 0 Å². The summed E-state index contributed by atoms with van der Waals surface area (Å²) in [5, 5.41) is 7.30. The SMILES string of the molecule is C[Si](C)(C)C#Cc1ccc(-c2n[nH]cc2-c2ccncc2)cn1. The van der Waals surface area contributed by atoms with E-state index in [0.717, 1.165) is 28.1 Å². The Bertz CT molecular complexity index is 850. The molecular formula is C18H18N4Si. The summed E-state index contributed by atoms with van der Waals surface area (Å²) in [7, 11) is -1.38. The van der Waals surface area contributed by atoms with Crippen LogP contribution in [0.5, 0.6) is 0 Å². The van der Waals surface area contributed by atoms with Gasteiger partial charge in [0.05, 0.1) is 0 Å². The van der Waals surface area contributed by atoms with Gasteiger partial charge in [-0.1, -0.05) is 25.6 Å². The van der Waals surface area contributed by atoms with Crippen molar-refractivity contribution in [2.45, 2.75) is 19.6 Å². The second kappa shape index (κ2) is 6.19. The summed E-state index contributed by atoms with van der Waals surface area (Å²) in [6.07, 6.45) is 7.28. The molecule has 0 spiro atoms. The molecule has 0 saturated carbocycles. The third kappa shape index (κ3) is 3.73. The standard InChI is InChI=1S/C18H18N4Si/c1-23(2,3)11-8-16-5-4-15(12-20-16)18-17(13-21-22-18)14-6-9-19-10-7-14/h4-7,9-10,12-13H,1-3H3,(H,21,22). The molecule has 0 bridgehead atoms. The number of aromatic amines is 1. The van der Waals surface area contributed by atoms with Gasteiger partial charge in [0.1, 0.15) is 19.5 Å². The maximum atomic E-state index is 4.45. The highest BCUT2D eigenvalue weighted by Gasteiger charge is 2.11. The molecular weight excluding hydrogens is 300 g/mol. The second-order valence-electron chi connectivity index (χ2n) is 6.32. The number of aromatic nitrogens is 4. The Balaban J connectivity index is 1.92. The van der Waals surface area contributed by atoms with Crippen molar-refractivity contribution in [1.82, 2.24) is 20.2 Å². The number of nitrogens with one attached hydrogen (secondary N) is 1. The number of nitrogens with zero attached hydrogens (tertiary/aromatic N) is 3. The minimum Gasteiger partial charge on any atom is -0.284 e. The first-order valence-corrected chi connectivity index (χ1v) is 11.0. The molecule has 0 atom stereocenters. The van der Waals surface area contributed by atoms with Crippen LogP contribution in [0.1, 0.15) is 5.69 Å². The molecule has 0 aliphatic heterocycles. The molecule has 3 heterocycles. The zero-order chi connectivity index (χ0) is 16.3. The summed E-state index contributed by atoms with van der Waals surface area (Å²) < 4.78 is 0. The normalized spacial score (nSPS) is 10.9. The van der Waals surface area contributed by atoms with Crippen LogP contribution in [0.2, 0.25) is 19.6 Å². The maximum absolute atomic E-state index is 4.45. The highest BCUT2D eigenvalue weighted by Crippen LogP contribution is 2.29. The summed E-state index contributed by atoms with van der Waals surface area (Å²) in [4.78, 5) is 8.51. The lowest BCUT2D eigenvalue weighted by molar-refractivity contribution is 1.09. The fraction of sp³-hybridized carbons (Fsp3) is 0.167. The summed E-state index contributed by atoms with van der Waals surface area (Å²) in [5.41, 5.74) is 8.09. The minimum atomic E-state index is -1.38. The van der Waals surface area contributed by atoms with Crippen LogP contribution < -0.4 is 0 Å². The van der Waals surface area contributed by atoms with Crippen molar-refractivity contribution in [2.24, 2.45) is 0 Å². The number of pyridine rings is 2. The van der Waals surface area contributed by atoms with Crippen LogP contribution in [-0.4, -0.2) is 28.2 Å². The lowest BCUT2D eigenvalue weighted by atomic mass is 10.0. The van der Waals surface area contributed by atoms with Crippen LogP contribution in [0, 0.1) is 11.5 Å². The van der Waals surface area contributed by atoms with E-state index < -0.39 is 8.07 Å². The molecule has 5 heteroatoms. The molecule has 3 rings (SSSR count). The molecule has 0 fully saturated rings. The zero-order valence-electron chi connectivity index (χ0n) is 13.5. The van der Waals surface area contributed by atoms with E-state index in [2.05, 4.69) is 51.3 Å². The highest BCUT2D eigenvalue weighted by molar-refractivity contribution is 6.83. The molecule has 0 aliphatic carbocycles. The van der Waals surface area contributed by atoms with E-state index >= 15 is 0 Å². The highest BCUT2D eigenvalue weighted by atomic mass is 28.3. The average molecular weight is 318 g/mol. The van der Waals surface area contributed by atoms with Crippen LogP contribution in [0.25, 0.3) is 22.4 Å². The van der Waals surface area contributed by atoms with Crippen molar-refractivity contribution in [3.63, 3.8) is 0 Å². The van der Waals surface area contributed by atoms with Crippen molar-refractivity contribution < 1.29 is 0 Å². The molecule has 0 amide bonds. The quantitative estimate of drug-likeness (QED) is 0.578. The minimum absolute atomic E-state index is 0.803. The number of rotatable bonds is 2. The molecule has 114 valence electrons. The van der Waals surface area contributed by atoms with E-state index in [4.69, 9.17) is 0 Å². The Morgan fingerprint density at radius 1 is 1.00 bits per heavy atom. The predicted molar refractivity (Wildman–Crippen MR) is 95.3 cm³/mol. The van der Waals surface area contributed by atoms with Gasteiger partial charge >= 0.3 is 0 Å². The molecule has 0 aliphatic rings. The Hall–Kier alpha value is -2.71. The smallest absolute Gasteiger partial charge is 0.129 e. The van der Waals surface area contributed by atoms with Gasteiger partial charge in [0.15, 0.2) is 0 Å². The van der Waals surface area contributed by atoms with E-state index in [-0.39, 0.29) is 0 Å². The fourth-order valence-corrected chi connectivity index (χ4v) is 2.62. The van der Waals surface area contributed by atoms with Gasteiger partial charge in [0.25, 0.3) is 0 Å². The van der Waals surface area contributed by atoms with Crippen molar-refractivity contribution >= 4 is 8.07 Å². The van der Waals surface area contributed by atoms with Gasteiger partial charge < -0.3 is 0 Å². The Morgan fingerprint density at radius 3 is 2.43 bits per heavy atom. The van der Waals surface area contributed by atoms with E-state index in [0.29, 0.717) is 0 Å². The Morgan fingerprint density at radius 2 is 1.78 bits per heavy atom. The lowest BCUT2D eigenvalue weighted by Crippen LogP contribution is -2.16. The average Bonchev–Trinajstić information content (AvgIpc) is 3.03.